The van der Waals surface area contributed by atoms with Crippen molar-refractivity contribution in [1.82, 2.24) is 14.9 Å². The van der Waals surface area contributed by atoms with Gasteiger partial charge in [0, 0.05) is 11.3 Å². The van der Waals surface area contributed by atoms with E-state index in [0.717, 1.165) is 11.3 Å². The molecule has 0 unspecified atom stereocenters. The second-order valence-electron chi connectivity index (χ2n) is 6.77. The molecule has 4 aromatic rings. The lowest BCUT2D eigenvalue weighted by molar-refractivity contribution is -0.274. The van der Waals surface area contributed by atoms with Crippen molar-refractivity contribution in [3.63, 3.8) is 0 Å². The molecule has 0 saturated carbocycles. The molecular weight excluding hydrogens is 425 g/mol. The highest BCUT2D eigenvalue weighted by atomic mass is 19.4. The molecule has 4 N–H and O–H groups in total. The number of carbonyl (C=O) groups excluding carboxylic acids is 1. The van der Waals surface area contributed by atoms with Crippen LogP contribution in [0.4, 0.5) is 18.0 Å². The predicted octanol–water partition coefficient (Wildman–Crippen LogP) is 4.35. The summed E-state index contributed by atoms with van der Waals surface area (Å²) in [5.41, 5.74) is 3.97. The molecule has 10 heteroatoms. The lowest BCUT2D eigenvalue weighted by Gasteiger charge is -2.11. The van der Waals surface area contributed by atoms with E-state index >= 15 is 0 Å². The second kappa shape index (κ2) is 8.06. The van der Waals surface area contributed by atoms with Crippen molar-refractivity contribution in [2.75, 3.05) is 0 Å². The summed E-state index contributed by atoms with van der Waals surface area (Å²) in [7, 11) is 0. The van der Waals surface area contributed by atoms with Gasteiger partial charge in [-0.1, -0.05) is 24.3 Å². The van der Waals surface area contributed by atoms with Gasteiger partial charge in [-0.15, -0.1) is 13.2 Å². The van der Waals surface area contributed by atoms with Crippen LogP contribution >= 0.6 is 0 Å². The van der Waals surface area contributed by atoms with E-state index in [-0.39, 0.29) is 11.6 Å². The Bertz CT molecular complexity index is 1310. The quantitative estimate of drug-likeness (QED) is 0.280. The fourth-order valence-corrected chi connectivity index (χ4v) is 3.24. The van der Waals surface area contributed by atoms with E-state index in [1.54, 1.807) is 29.1 Å². The second-order valence-corrected chi connectivity index (χ2v) is 6.77. The zero-order chi connectivity index (χ0) is 22.9. The summed E-state index contributed by atoms with van der Waals surface area (Å²) >= 11 is 0. The largest absolute Gasteiger partial charge is 0.632 e. The molecule has 4 rings (SSSR count). The summed E-state index contributed by atoms with van der Waals surface area (Å²) in [5.74, 6) is -0.498. The molecule has 3 aromatic carbocycles. The fraction of sp³-hybridized carbons (Fsp3) is 0.0455. The van der Waals surface area contributed by atoms with E-state index in [0.29, 0.717) is 22.2 Å². The molecular formula is C22H16F3N4O3+. The predicted molar refractivity (Wildman–Crippen MR) is 112 cm³/mol. The molecule has 1 heterocycles. The SMILES string of the molecule is N=C(NC(=O)[OH2+])c1ccc2ncn(-c3cccc(-c4ccc(OC(F)(F)F)cc4)c3)c2c1. The van der Waals surface area contributed by atoms with Crippen LogP contribution in [0.3, 0.4) is 0 Å². The minimum atomic E-state index is -4.75. The van der Waals surface area contributed by atoms with Crippen molar-refractivity contribution in [2.45, 2.75) is 6.36 Å². The van der Waals surface area contributed by atoms with Crippen molar-refractivity contribution in [3.8, 4) is 22.6 Å². The number of aromatic nitrogens is 2. The summed E-state index contributed by atoms with van der Waals surface area (Å²) < 4.78 is 42.8. The van der Waals surface area contributed by atoms with Gasteiger partial charge in [-0.05, 0) is 53.6 Å². The number of amides is 1. The van der Waals surface area contributed by atoms with E-state index in [9.17, 15) is 18.0 Å². The molecule has 0 saturated heterocycles. The van der Waals surface area contributed by atoms with Gasteiger partial charge in [0.05, 0.1) is 15.8 Å². The maximum atomic E-state index is 12.4. The average Bonchev–Trinajstić information content (AvgIpc) is 3.16. The molecule has 1 amide bonds. The number of alkyl halides is 3. The highest BCUT2D eigenvalue weighted by molar-refractivity contribution is 6.05. The summed E-state index contributed by atoms with van der Waals surface area (Å²) in [6.07, 6.45) is -4.22. The first-order valence-corrected chi connectivity index (χ1v) is 9.25. The van der Waals surface area contributed by atoms with E-state index in [1.807, 2.05) is 24.3 Å². The van der Waals surface area contributed by atoms with Gasteiger partial charge in [-0.2, -0.15) is 0 Å². The number of imidazole rings is 1. The van der Waals surface area contributed by atoms with Gasteiger partial charge in [-0.3, -0.25) is 9.98 Å². The van der Waals surface area contributed by atoms with Gasteiger partial charge in [0.25, 0.3) is 0 Å². The summed E-state index contributed by atoms with van der Waals surface area (Å²) in [5, 5.41) is 17.0. The van der Waals surface area contributed by atoms with Crippen LogP contribution < -0.4 is 10.1 Å². The molecule has 32 heavy (non-hydrogen) atoms. The maximum absolute atomic E-state index is 12.4. The van der Waals surface area contributed by atoms with E-state index in [4.69, 9.17) is 10.5 Å². The smallest absolute Gasteiger partial charge is 0.547 e. The first kappa shape index (κ1) is 20.9. The highest BCUT2D eigenvalue weighted by Crippen LogP contribution is 2.28. The Morgan fingerprint density at radius 3 is 2.47 bits per heavy atom. The summed E-state index contributed by atoms with van der Waals surface area (Å²) in [6, 6.07) is 17.9. The Hall–Kier alpha value is -4.34. The van der Waals surface area contributed by atoms with E-state index in [1.165, 1.54) is 24.3 Å². The van der Waals surface area contributed by atoms with Crippen LogP contribution in [0.25, 0.3) is 27.8 Å². The molecule has 0 bridgehead atoms. The molecule has 0 fully saturated rings. The number of fused-ring (bicyclic) bond motifs is 1. The van der Waals surface area contributed by atoms with Crippen LogP contribution in [0.5, 0.6) is 5.75 Å². The minimum Gasteiger partial charge on any atom is -0.547 e. The van der Waals surface area contributed by atoms with E-state index < -0.39 is 12.5 Å². The third-order valence-corrected chi connectivity index (χ3v) is 4.62. The molecule has 1 aromatic heterocycles. The topological polar surface area (TPSA) is 103 Å². The zero-order valence-corrected chi connectivity index (χ0v) is 16.3. The summed E-state index contributed by atoms with van der Waals surface area (Å²) in [4.78, 5) is 15.3. The normalized spacial score (nSPS) is 11.3. The Morgan fingerprint density at radius 1 is 1.03 bits per heavy atom. The van der Waals surface area contributed by atoms with Gasteiger partial charge >= 0.3 is 12.5 Å². The first-order valence-electron chi connectivity index (χ1n) is 9.25. The van der Waals surface area contributed by atoms with Gasteiger partial charge in [0.15, 0.2) is 0 Å². The molecule has 0 aliphatic heterocycles. The molecule has 0 atom stereocenters. The van der Waals surface area contributed by atoms with Gasteiger partial charge < -0.3 is 9.84 Å². The number of ether oxygens (including phenoxy) is 1. The van der Waals surface area contributed by atoms with Crippen molar-refractivity contribution >= 4 is 23.0 Å². The van der Waals surface area contributed by atoms with Crippen LogP contribution in [0.1, 0.15) is 5.56 Å². The van der Waals surface area contributed by atoms with Crippen LogP contribution in [0.15, 0.2) is 73.1 Å². The maximum Gasteiger partial charge on any atom is 0.632 e. The third kappa shape index (κ3) is 4.53. The Labute approximate surface area is 179 Å². The molecule has 0 radical (unpaired) electrons. The van der Waals surface area contributed by atoms with Gasteiger partial charge in [0.1, 0.15) is 17.9 Å². The van der Waals surface area contributed by atoms with E-state index in [2.05, 4.69) is 15.0 Å². The fourth-order valence-electron chi connectivity index (χ4n) is 3.24. The van der Waals surface area contributed by atoms with Crippen molar-refractivity contribution in [1.29, 1.82) is 5.41 Å². The standard InChI is InChI=1S/C22H15F3N4O3/c23-22(24,25)32-17-7-4-13(5-8-17)14-2-1-3-16(10-14)29-12-27-18-9-6-15(11-19(18)29)20(26)28-21(30)31/h1-12H,(H2,26,28)(H,30,31)/p+1. The minimum absolute atomic E-state index is 0.199. The lowest BCUT2D eigenvalue weighted by Crippen LogP contribution is -2.28. The summed E-state index contributed by atoms with van der Waals surface area (Å²) in [6.45, 7) is 0. The average molecular weight is 441 g/mol. The third-order valence-electron chi connectivity index (χ3n) is 4.62. The number of halogens is 3. The number of carbonyl (C=O) groups is 1. The zero-order valence-electron chi connectivity index (χ0n) is 16.3. The molecule has 0 aliphatic carbocycles. The molecule has 0 aliphatic rings. The van der Waals surface area contributed by atoms with Gasteiger partial charge in [0.2, 0.25) is 0 Å². The highest BCUT2D eigenvalue weighted by Gasteiger charge is 2.30. The number of hydrogen-bond acceptors (Lipinski definition) is 4. The van der Waals surface area contributed by atoms with Crippen molar-refractivity contribution in [3.05, 3.63) is 78.6 Å². The molecule has 0 spiro atoms. The van der Waals surface area contributed by atoms with Gasteiger partial charge in [-0.25, -0.2) is 10.3 Å². The molecule has 7 nitrogen and oxygen atoms in total. The van der Waals surface area contributed by atoms with Crippen molar-refractivity contribution < 1.29 is 27.8 Å². The van der Waals surface area contributed by atoms with Crippen molar-refractivity contribution in [2.24, 2.45) is 0 Å². The Kier molecular flexibility index (Phi) is 5.27. The monoisotopic (exact) mass is 441 g/mol. The van der Waals surface area contributed by atoms with Crippen LogP contribution in [0.2, 0.25) is 0 Å². The number of nitrogens with one attached hydrogen (secondary N) is 2. The Morgan fingerprint density at radius 2 is 1.78 bits per heavy atom. The Balaban J connectivity index is 1.67. The van der Waals surface area contributed by atoms with Crippen LogP contribution in [-0.2, 0) is 0 Å². The first-order chi connectivity index (χ1) is 15.2. The number of nitrogens with zero attached hydrogens (tertiary/aromatic N) is 2. The van der Waals surface area contributed by atoms with Crippen LogP contribution in [-0.4, -0.2) is 32.9 Å². The lowest BCUT2D eigenvalue weighted by atomic mass is 10.0. The molecule has 162 valence electrons. The number of rotatable bonds is 4. The number of amidine groups is 1. The number of benzene rings is 3. The number of hydrogen-bond donors (Lipinski definition) is 2. The van der Waals surface area contributed by atoms with Crippen LogP contribution in [0, 0.1) is 5.41 Å².